The van der Waals surface area contributed by atoms with Crippen LogP contribution in [0.1, 0.15) is 18.9 Å². The van der Waals surface area contributed by atoms with Crippen LogP contribution in [0.25, 0.3) is 0 Å². The van der Waals surface area contributed by atoms with E-state index in [2.05, 4.69) is 4.74 Å². The van der Waals surface area contributed by atoms with Crippen LogP contribution in [0, 0.1) is 5.82 Å². The fourth-order valence-corrected chi connectivity index (χ4v) is 1.67. The lowest BCUT2D eigenvalue weighted by atomic mass is 10.0. The number of ether oxygens (including phenoxy) is 2. The molecule has 0 bridgehead atoms. The third kappa shape index (κ3) is 7.29. The standard InChI is InChI=1S/C14H19F4NO2/c1-2-12(19)8-10-7-11(15)3-4-13(10)21-6-5-20-9-14(16,17)18/h3-4,7,12H,2,5-6,8-9,19H2,1H3. The van der Waals surface area contributed by atoms with E-state index in [0.717, 1.165) is 6.42 Å². The lowest BCUT2D eigenvalue weighted by Gasteiger charge is -2.15. The Morgan fingerprint density at radius 3 is 2.57 bits per heavy atom. The van der Waals surface area contributed by atoms with Gasteiger partial charge in [0.2, 0.25) is 0 Å². The smallest absolute Gasteiger partial charge is 0.411 e. The van der Waals surface area contributed by atoms with E-state index in [9.17, 15) is 17.6 Å². The van der Waals surface area contributed by atoms with Gasteiger partial charge < -0.3 is 15.2 Å². The number of hydrogen-bond acceptors (Lipinski definition) is 3. The first kappa shape index (κ1) is 17.7. The molecule has 0 fully saturated rings. The van der Waals surface area contributed by atoms with Crippen molar-refractivity contribution in [1.29, 1.82) is 0 Å². The first-order chi connectivity index (χ1) is 9.81. The van der Waals surface area contributed by atoms with Gasteiger partial charge >= 0.3 is 6.18 Å². The van der Waals surface area contributed by atoms with E-state index in [-0.39, 0.29) is 19.3 Å². The highest BCUT2D eigenvalue weighted by molar-refractivity contribution is 5.34. The molecule has 0 saturated carbocycles. The summed E-state index contributed by atoms with van der Waals surface area (Å²) in [6.45, 7) is 0.356. The minimum absolute atomic E-state index is 0.0456. The van der Waals surface area contributed by atoms with Crippen LogP contribution >= 0.6 is 0 Å². The van der Waals surface area contributed by atoms with E-state index in [1.165, 1.54) is 18.2 Å². The number of benzene rings is 1. The van der Waals surface area contributed by atoms with Crippen LogP contribution in [0.15, 0.2) is 18.2 Å². The number of alkyl halides is 3. The molecule has 120 valence electrons. The van der Waals surface area contributed by atoms with E-state index in [1.807, 2.05) is 6.92 Å². The molecule has 0 aliphatic carbocycles. The Hall–Kier alpha value is -1.34. The summed E-state index contributed by atoms with van der Waals surface area (Å²) in [5.74, 6) is 0.00452. The predicted octanol–water partition coefficient (Wildman–Crippen LogP) is 3.06. The predicted molar refractivity (Wildman–Crippen MR) is 70.7 cm³/mol. The largest absolute Gasteiger partial charge is 0.491 e. The van der Waals surface area contributed by atoms with Gasteiger partial charge in [-0.05, 0) is 36.6 Å². The highest BCUT2D eigenvalue weighted by Gasteiger charge is 2.27. The molecule has 0 aliphatic rings. The number of hydrogen-bond donors (Lipinski definition) is 1. The molecular weight excluding hydrogens is 290 g/mol. The second kappa shape index (κ2) is 8.19. The molecule has 0 aliphatic heterocycles. The van der Waals surface area contributed by atoms with E-state index in [4.69, 9.17) is 10.5 Å². The zero-order valence-electron chi connectivity index (χ0n) is 11.8. The van der Waals surface area contributed by atoms with Gasteiger partial charge in [-0.1, -0.05) is 6.92 Å². The lowest BCUT2D eigenvalue weighted by molar-refractivity contribution is -0.175. The van der Waals surface area contributed by atoms with Crippen LogP contribution in [-0.2, 0) is 11.2 Å². The van der Waals surface area contributed by atoms with E-state index >= 15 is 0 Å². The molecule has 2 N–H and O–H groups in total. The summed E-state index contributed by atoms with van der Waals surface area (Å²) in [7, 11) is 0. The van der Waals surface area contributed by atoms with Crippen molar-refractivity contribution in [2.45, 2.75) is 32.0 Å². The van der Waals surface area contributed by atoms with Crippen LogP contribution in [0.4, 0.5) is 17.6 Å². The molecule has 0 amide bonds. The molecule has 0 saturated heterocycles. The zero-order valence-corrected chi connectivity index (χ0v) is 11.8. The van der Waals surface area contributed by atoms with Gasteiger partial charge in [0.1, 0.15) is 24.8 Å². The normalized spacial score (nSPS) is 13.2. The fourth-order valence-electron chi connectivity index (χ4n) is 1.67. The van der Waals surface area contributed by atoms with Crippen molar-refractivity contribution in [3.63, 3.8) is 0 Å². The summed E-state index contributed by atoms with van der Waals surface area (Å²) < 4.78 is 58.6. The molecule has 1 aromatic carbocycles. The maximum Gasteiger partial charge on any atom is 0.411 e. The van der Waals surface area contributed by atoms with Crippen LogP contribution in [0.3, 0.4) is 0 Å². The van der Waals surface area contributed by atoms with Gasteiger partial charge in [-0.3, -0.25) is 0 Å². The summed E-state index contributed by atoms with van der Waals surface area (Å²) in [5, 5.41) is 0. The average Bonchev–Trinajstić information content (AvgIpc) is 2.39. The van der Waals surface area contributed by atoms with Gasteiger partial charge in [-0.25, -0.2) is 4.39 Å². The minimum Gasteiger partial charge on any atom is -0.491 e. The van der Waals surface area contributed by atoms with E-state index in [1.54, 1.807) is 0 Å². The molecule has 1 atom stereocenters. The highest BCUT2D eigenvalue weighted by atomic mass is 19.4. The Kier molecular flexibility index (Phi) is 6.91. The molecule has 0 spiro atoms. The van der Waals surface area contributed by atoms with Crippen LogP contribution in [0.2, 0.25) is 0 Å². The van der Waals surface area contributed by atoms with Crippen molar-refractivity contribution < 1.29 is 27.0 Å². The summed E-state index contributed by atoms with van der Waals surface area (Å²) in [4.78, 5) is 0. The molecule has 1 rings (SSSR count). The molecule has 0 heterocycles. The minimum atomic E-state index is -4.35. The quantitative estimate of drug-likeness (QED) is 0.593. The summed E-state index contributed by atoms with van der Waals surface area (Å²) in [6, 6.07) is 3.86. The van der Waals surface area contributed by atoms with Crippen LogP contribution in [0.5, 0.6) is 5.75 Å². The number of halogens is 4. The van der Waals surface area contributed by atoms with Crippen molar-refractivity contribution in [2.24, 2.45) is 5.73 Å². The second-order valence-electron chi connectivity index (χ2n) is 4.64. The number of nitrogens with two attached hydrogens (primary N) is 1. The van der Waals surface area contributed by atoms with E-state index in [0.29, 0.717) is 17.7 Å². The van der Waals surface area contributed by atoms with Crippen molar-refractivity contribution in [1.82, 2.24) is 0 Å². The van der Waals surface area contributed by atoms with Gasteiger partial charge in [0.05, 0.1) is 6.61 Å². The first-order valence-electron chi connectivity index (χ1n) is 6.63. The maximum atomic E-state index is 13.2. The van der Waals surface area contributed by atoms with Crippen molar-refractivity contribution in [2.75, 3.05) is 19.8 Å². The Morgan fingerprint density at radius 2 is 1.95 bits per heavy atom. The van der Waals surface area contributed by atoms with Crippen LogP contribution < -0.4 is 10.5 Å². The van der Waals surface area contributed by atoms with Crippen molar-refractivity contribution in [3.05, 3.63) is 29.6 Å². The molecule has 0 aromatic heterocycles. The molecule has 1 aromatic rings. The molecule has 21 heavy (non-hydrogen) atoms. The Morgan fingerprint density at radius 1 is 1.24 bits per heavy atom. The Labute approximate surface area is 121 Å². The third-order valence-corrected chi connectivity index (χ3v) is 2.78. The SMILES string of the molecule is CCC(N)Cc1cc(F)ccc1OCCOCC(F)(F)F. The molecular formula is C14H19F4NO2. The van der Waals surface area contributed by atoms with Crippen LogP contribution in [-0.4, -0.2) is 32.0 Å². The van der Waals surface area contributed by atoms with Gasteiger partial charge in [-0.15, -0.1) is 0 Å². The molecule has 1 unspecified atom stereocenters. The second-order valence-corrected chi connectivity index (χ2v) is 4.64. The summed E-state index contributed by atoms with van der Waals surface area (Å²) in [6.07, 6.45) is -3.19. The Bertz CT molecular complexity index is 437. The molecule has 3 nitrogen and oxygen atoms in total. The van der Waals surface area contributed by atoms with Crippen molar-refractivity contribution >= 4 is 0 Å². The summed E-state index contributed by atoms with van der Waals surface area (Å²) in [5.41, 5.74) is 6.42. The molecule has 0 radical (unpaired) electrons. The van der Waals surface area contributed by atoms with Gasteiger partial charge in [-0.2, -0.15) is 13.2 Å². The van der Waals surface area contributed by atoms with Gasteiger partial charge in [0.15, 0.2) is 0 Å². The molecule has 7 heteroatoms. The monoisotopic (exact) mass is 309 g/mol. The summed E-state index contributed by atoms with van der Waals surface area (Å²) >= 11 is 0. The third-order valence-electron chi connectivity index (χ3n) is 2.78. The first-order valence-corrected chi connectivity index (χ1v) is 6.63. The highest BCUT2D eigenvalue weighted by Crippen LogP contribution is 2.22. The fraction of sp³-hybridized carbons (Fsp3) is 0.571. The van der Waals surface area contributed by atoms with Gasteiger partial charge in [0.25, 0.3) is 0 Å². The zero-order chi connectivity index (χ0) is 15.9. The Balaban J connectivity index is 2.50. The van der Waals surface area contributed by atoms with Crippen molar-refractivity contribution in [3.8, 4) is 5.75 Å². The average molecular weight is 309 g/mol. The van der Waals surface area contributed by atoms with Gasteiger partial charge in [0, 0.05) is 6.04 Å². The topological polar surface area (TPSA) is 44.5 Å². The lowest BCUT2D eigenvalue weighted by Crippen LogP contribution is -2.22. The van der Waals surface area contributed by atoms with E-state index < -0.39 is 18.6 Å². The number of rotatable bonds is 8. The maximum absolute atomic E-state index is 13.2.